The lowest BCUT2D eigenvalue weighted by atomic mass is 10.3. The van der Waals surface area contributed by atoms with Crippen molar-refractivity contribution >= 4 is 11.9 Å². The highest BCUT2D eigenvalue weighted by atomic mass is 16.6. The lowest BCUT2D eigenvalue weighted by molar-refractivity contribution is -0.140. The van der Waals surface area contributed by atoms with E-state index in [1.165, 1.54) is 0 Å². The van der Waals surface area contributed by atoms with Crippen LogP contribution in [-0.2, 0) is 9.63 Å². The van der Waals surface area contributed by atoms with Gasteiger partial charge in [-0.25, -0.2) is 0 Å². The molecule has 0 saturated heterocycles. The molecule has 0 radical (unpaired) electrons. The first kappa shape index (κ1) is 9.50. The largest absolute Gasteiger partial charge is 0.480 e. The first-order chi connectivity index (χ1) is 5.04. The summed E-state index contributed by atoms with van der Waals surface area (Å²) in [6.07, 6.45) is 0. The van der Waals surface area contributed by atoms with E-state index in [0.717, 1.165) is 0 Å². The van der Waals surface area contributed by atoms with Gasteiger partial charge >= 0.3 is 5.97 Å². The highest BCUT2D eigenvalue weighted by Crippen LogP contribution is 1.81. The summed E-state index contributed by atoms with van der Waals surface area (Å²) in [5.41, 5.74) is 14.8. The lowest BCUT2D eigenvalue weighted by Crippen LogP contribution is -2.34. The van der Waals surface area contributed by atoms with Gasteiger partial charge in [-0.2, -0.15) is 0 Å². The number of carboxylic acids is 1. The van der Waals surface area contributed by atoms with E-state index >= 15 is 0 Å². The Hall–Kier alpha value is -1.50. The maximum atomic E-state index is 10.1. The van der Waals surface area contributed by atoms with Crippen molar-refractivity contribution in [3.8, 4) is 0 Å². The predicted octanol–water partition coefficient (Wildman–Crippen LogP) is -2.40. The Morgan fingerprint density at radius 1 is 1.64 bits per heavy atom. The van der Waals surface area contributed by atoms with E-state index in [2.05, 4.69) is 9.99 Å². The number of hydrogen-bond acceptors (Lipinski definition) is 4. The molecule has 0 spiro atoms. The van der Waals surface area contributed by atoms with E-state index in [-0.39, 0.29) is 12.6 Å². The van der Waals surface area contributed by atoms with Gasteiger partial charge in [0.15, 0.2) is 0 Å². The Morgan fingerprint density at radius 3 is 2.55 bits per heavy atom. The fraction of sp³-hybridized carbons (Fsp3) is 0.500. The second kappa shape index (κ2) is 4.34. The zero-order valence-electron chi connectivity index (χ0n) is 5.73. The zero-order chi connectivity index (χ0) is 8.85. The molecule has 0 bridgehead atoms. The van der Waals surface area contributed by atoms with Crippen LogP contribution < -0.4 is 17.2 Å². The van der Waals surface area contributed by atoms with Crippen LogP contribution in [0.4, 0.5) is 0 Å². The van der Waals surface area contributed by atoms with Gasteiger partial charge in [-0.1, -0.05) is 0 Å². The standard InChI is InChI=1S/C4H10N4O3/c5-2(3(9)10)1-11-8-4(6)7/h2H,1,5H2,(H,9,10)(H4,6,7,8)/t2-/m0/s1. The van der Waals surface area contributed by atoms with Crippen molar-refractivity contribution in [2.45, 2.75) is 6.04 Å². The Kier molecular flexibility index (Phi) is 3.75. The molecule has 64 valence electrons. The summed E-state index contributed by atoms with van der Waals surface area (Å²) >= 11 is 0. The number of aliphatic carboxylic acids is 1. The van der Waals surface area contributed by atoms with Crippen LogP contribution in [0.3, 0.4) is 0 Å². The van der Waals surface area contributed by atoms with Crippen LogP contribution >= 0.6 is 0 Å². The van der Waals surface area contributed by atoms with Gasteiger partial charge in [-0.05, 0) is 5.16 Å². The van der Waals surface area contributed by atoms with Crippen LogP contribution in [0.25, 0.3) is 0 Å². The summed E-state index contributed by atoms with van der Waals surface area (Å²) in [5, 5.41) is 11.3. The molecule has 0 aliphatic rings. The van der Waals surface area contributed by atoms with E-state index in [1.807, 2.05) is 0 Å². The molecule has 0 aromatic rings. The van der Waals surface area contributed by atoms with Crippen molar-refractivity contribution in [3.05, 3.63) is 0 Å². The molecule has 7 nitrogen and oxygen atoms in total. The minimum Gasteiger partial charge on any atom is -0.480 e. The monoisotopic (exact) mass is 162 g/mol. The summed E-state index contributed by atoms with van der Waals surface area (Å²) < 4.78 is 0. The smallest absolute Gasteiger partial charge is 0.324 e. The third-order valence-electron chi connectivity index (χ3n) is 0.741. The molecule has 0 fully saturated rings. The minimum absolute atomic E-state index is 0.257. The van der Waals surface area contributed by atoms with Crippen LogP contribution in [0, 0.1) is 0 Å². The van der Waals surface area contributed by atoms with E-state index < -0.39 is 12.0 Å². The van der Waals surface area contributed by atoms with E-state index in [9.17, 15) is 4.79 Å². The number of rotatable bonds is 4. The summed E-state index contributed by atoms with van der Waals surface area (Å²) in [7, 11) is 0. The third-order valence-corrected chi connectivity index (χ3v) is 0.741. The van der Waals surface area contributed by atoms with Crippen LogP contribution in [0.2, 0.25) is 0 Å². The summed E-state index contributed by atoms with van der Waals surface area (Å²) in [6.45, 7) is -0.257. The fourth-order valence-electron chi connectivity index (χ4n) is 0.263. The number of oxime groups is 1. The van der Waals surface area contributed by atoms with E-state index in [0.29, 0.717) is 0 Å². The molecular weight excluding hydrogens is 152 g/mol. The first-order valence-electron chi connectivity index (χ1n) is 2.73. The third kappa shape index (κ3) is 4.97. The Balaban J connectivity index is 3.55. The van der Waals surface area contributed by atoms with Crippen LogP contribution in [-0.4, -0.2) is 29.7 Å². The van der Waals surface area contributed by atoms with Gasteiger partial charge in [0.2, 0.25) is 5.96 Å². The van der Waals surface area contributed by atoms with E-state index in [4.69, 9.17) is 22.3 Å². The van der Waals surface area contributed by atoms with Crippen molar-refractivity contribution in [1.29, 1.82) is 0 Å². The molecule has 11 heavy (non-hydrogen) atoms. The molecule has 0 rings (SSSR count). The molecule has 0 unspecified atom stereocenters. The topological polar surface area (TPSA) is 137 Å². The van der Waals surface area contributed by atoms with Crippen molar-refractivity contribution in [2.75, 3.05) is 6.61 Å². The number of nitrogens with two attached hydrogens (primary N) is 3. The van der Waals surface area contributed by atoms with Crippen LogP contribution in [0.1, 0.15) is 0 Å². The van der Waals surface area contributed by atoms with Crippen molar-refractivity contribution in [2.24, 2.45) is 22.4 Å². The van der Waals surface area contributed by atoms with Gasteiger partial charge in [0.05, 0.1) is 0 Å². The molecule has 0 aromatic carbocycles. The van der Waals surface area contributed by atoms with Gasteiger partial charge in [-0.3, -0.25) is 4.79 Å². The first-order valence-corrected chi connectivity index (χ1v) is 2.73. The number of carbonyl (C=O) groups is 1. The number of guanidine groups is 1. The quantitative estimate of drug-likeness (QED) is 0.206. The highest BCUT2D eigenvalue weighted by Gasteiger charge is 2.11. The maximum Gasteiger partial charge on any atom is 0.324 e. The Morgan fingerprint density at radius 2 is 2.18 bits per heavy atom. The summed E-state index contributed by atoms with van der Waals surface area (Å²) in [5.74, 6) is -1.45. The molecule has 7 N–H and O–H groups in total. The van der Waals surface area contributed by atoms with Crippen molar-refractivity contribution < 1.29 is 14.7 Å². The van der Waals surface area contributed by atoms with Crippen molar-refractivity contribution in [1.82, 2.24) is 0 Å². The number of carboxylic acid groups (broad SMARTS) is 1. The van der Waals surface area contributed by atoms with Gasteiger partial charge in [0.25, 0.3) is 0 Å². The molecule has 1 atom stereocenters. The van der Waals surface area contributed by atoms with Crippen LogP contribution in [0.15, 0.2) is 5.16 Å². The molecule has 0 aliphatic carbocycles. The fourth-order valence-corrected chi connectivity index (χ4v) is 0.263. The van der Waals surface area contributed by atoms with Gasteiger partial charge in [0, 0.05) is 0 Å². The summed E-state index contributed by atoms with van der Waals surface area (Å²) in [6, 6.07) is -1.11. The van der Waals surface area contributed by atoms with Crippen molar-refractivity contribution in [3.63, 3.8) is 0 Å². The Labute approximate surface area is 62.8 Å². The van der Waals surface area contributed by atoms with E-state index in [1.54, 1.807) is 0 Å². The molecular formula is C4H10N4O3. The second-order valence-corrected chi connectivity index (χ2v) is 1.76. The van der Waals surface area contributed by atoms with Gasteiger partial charge in [-0.15, -0.1) is 0 Å². The molecule has 0 aliphatic heterocycles. The number of nitrogens with zero attached hydrogens (tertiary/aromatic N) is 1. The van der Waals surface area contributed by atoms with Gasteiger partial charge < -0.3 is 27.1 Å². The normalized spacial score (nSPS) is 11.7. The van der Waals surface area contributed by atoms with Crippen LogP contribution in [0.5, 0.6) is 0 Å². The predicted molar refractivity (Wildman–Crippen MR) is 37.4 cm³/mol. The number of hydrogen-bond donors (Lipinski definition) is 4. The lowest BCUT2D eigenvalue weighted by Gasteiger charge is -2.03. The maximum absolute atomic E-state index is 10.1. The average Bonchev–Trinajstić information content (AvgIpc) is 1.86. The molecule has 0 amide bonds. The molecule has 0 heterocycles. The average molecular weight is 162 g/mol. The highest BCUT2D eigenvalue weighted by molar-refractivity contribution is 5.75. The molecule has 0 aromatic heterocycles. The van der Waals surface area contributed by atoms with Gasteiger partial charge in [0.1, 0.15) is 12.6 Å². The SMILES string of the molecule is NC(N)=NOC[C@H](N)C(=O)O. The molecule has 0 saturated carbocycles. The Bertz CT molecular complexity index is 165. The second-order valence-electron chi connectivity index (χ2n) is 1.76. The molecule has 7 heteroatoms. The minimum atomic E-state index is -1.17. The summed E-state index contributed by atoms with van der Waals surface area (Å²) in [4.78, 5) is 14.4. The zero-order valence-corrected chi connectivity index (χ0v) is 5.73.